The number of hydrogen-bond donors (Lipinski definition) is 0. The molecule has 11 heavy (non-hydrogen) atoms. The van der Waals surface area contributed by atoms with Crippen LogP contribution in [0.15, 0.2) is 0 Å². The van der Waals surface area contributed by atoms with Gasteiger partial charge in [-0.25, -0.2) is 4.39 Å². The summed E-state index contributed by atoms with van der Waals surface area (Å²) in [4.78, 5) is 0. The first-order valence-corrected chi connectivity index (χ1v) is 5.00. The van der Waals surface area contributed by atoms with Gasteiger partial charge >= 0.3 is 0 Å². The van der Waals surface area contributed by atoms with Crippen molar-refractivity contribution >= 4 is 0 Å². The molecule has 0 spiro atoms. The Bertz CT molecular complexity index is 133. The van der Waals surface area contributed by atoms with E-state index in [2.05, 4.69) is 0 Å². The highest BCUT2D eigenvalue weighted by molar-refractivity contribution is 4.82. The van der Waals surface area contributed by atoms with Crippen molar-refractivity contribution in [3.8, 4) is 0 Å². The van der Waals surface area contributed by atoms with E-state index >= 15 is 0 Å². The summed E-state index contributed by atoms with van der Waals surface area (Å²) >= 11 is 0. The van der Waals surface area contributed by atoms with Crippen LogP contribution in [0.25, 0.3) is 0 Å². The molecule has 0 aromatic rings. The molecule has 0 saturated heterocycles. The van der Waals surface area contributed by atoms with Crippen LogP contribution in [0, 0.1) is 11.8 Å². The lowest BCUT2D eigenvalue weighted by Crippen LogP contribution is -2.28. The second-order valence-corrected chi connectivity index (χ2v) is 4.21. The number of halogens is 1. The summed E-state index contributed by atoms with van der Waals surface area (Å²) in [6.45, 7) is 0. The molecule has 2 aliphatic rings. The van der Waals surface area contributed by atoms with Crippen molar-refractivity contribution in [2.45, 2.75) is 51.1 Å². The fourth-order valence-corrected chi connectivity index (χ4v) is 2.82. The maximum atomic E-state index is 13.0. The maximum Gasteiger partial charge on any atom is 0.100 e. The molecule has 0 aliphatic heterocycles. The van der Waals surface area contributed by atoms with E-state index in [0.717, 1.165) is 24.7 Å². The second kappa shape index (κ2) is 3.12. The Balaban J connectivity index is 1.93. The zero-order chi connectivity index (χ0) is 7.68. The molecule has 0 bridgehead atoms. The topological polar surface area (TPSA) is 0 Å². The van der Waals surface area contributed by atoms with Gasteiger partial charge in [-0.3, -0.25) is 0 Å². The van der Waals surface area contributed by atoms with E-state index in [1.165, 1.54) is 32.1 Å². The standard InChI is InChI=1S/C10H17F/c11-10-6-5-8-3-1-2-4-9(8)7-10/h8-10H,1-7H2/t8-,9-,10+/m0/s1. The quantitative estimate of drug-likeness (QED) is 0.504. The molecule has 2 rings (SSSR count). The number of fused-ring (bicyclic) bond motifs is 1. The SMILES string of the molecule is F[C@@H]1CC[C@@H]2CCCC[C@H]2C1. The van der Waals surface area contributed by atoms with Gasteiger partial charge in [0.25, 0.3) is 0 Å². The number of rotatable bonds is 0. The Morgan fingerprint density at radius 1 is 0.818 bits per heavy atom. The van der Waals surface area contributed by atoms with E-state index in [0.29, 0.717) is 0 Å². The average Bonchev–Trinajstić information content (AvgIpc) is 2.04. The molecule has 0 heterocycles. The van der Waals surface area contributed by atoms with Crippen LogP contribution < -0.4 is 0 Å². The summed E-state index contributed by atoms with van der Waals surface area (Å²) in [5, 5.41) is 0. The van der Waals surface area contributed by atoms with E-state index in [9.17, 15) is 4.39 Å². The average molecular weight is 156 g/mol. The highest BCUT2D eigenvalue weighted by atomic mass is 19.1. The Hall–Kier alpha value is -0.0700. The zero-order valence-electron chi connectivity index (χ0n) is 7.06. The van der Waals surface area contributed by atoms with Crippen molar-refractivity contribution in [1.29, 1.82) is 0 Å². The molecular weight excluding hydrogens is 139 g/mol. The fourth-order valence-electron chi connectivity index (χ4n) is 2.82. The van der Waals surface area contributed by atoms with Gasteiger partial charge in [0.2, 0.25) is 0 Å². The van der Waals surface area contributed by atoms with Gasteiger partial charge in [0.1, 0.15) is 6.17 Å². The van der Waals surface area contributed by atoms with Gasteiger partial charge in [-0.15, -0.1) is 0 Å². The van der Waals surface area contributed by atoms with Crippen LogP contribution in [0.3, 0.4) is 0 Å². The lowest BCUT2D eigenvalue weighted by molar-refractivity contribution is 0.104. The Morgan fingerprint density at radius 2 is 1.55 bits per heavy atom. The minimum Gasteiger partial charge on any atom is -0.247 e. The van der Waals surface area contributed by atoms with E-state index in [4.69, 9.17) is 0 Å². The third-order valence-corrected chi connectivity index (χ3v) is 3.48. The predicted molar refractivity (Wildman–Crippen MR) is 44.2 cm³/mol. The molecule has 0 N–H and O–H groups in total. The van der Waals surface area contributed by atoms with Crippen LogP contribution in [0.4, 0.5) is 4.39 Å². The summed E-state index contributed by atoms with van der Waals surface area (Å²) < 4.78 is 13.0. The van der Waals surface area contributed by atoms with Crippen molar-refractivity contribution in [2.24, 2.45) is 11.8 Å². The Morgan fingerprint density at radius 3 is 2.36 bits per heavy atom. The van der Waals surface area contributed by atoms with Gasteiger partial charge in [0.05, 0.1) is 0 Å². The van der Waals surface area contributed by atoms with Crippen LogP contribution in [-0.2, 0) is 0 Å². The summed E-state index contributed by atoms with van der Waals surface area (Å²) in [6.07, 6.45) is 7.89. The number of alkyl halides is 1. The lowest BCUT2D eigenvalue weighted by Gasteiger charge is -2.36. The van der Waals surface area contributed by atoms with Gasteiger partial charge in [-0.05, 0) is 31.1 Å². The van der Waals surface area contributed by atoms with Crippen molar-refractivity contribution in [1.82, 2.24) is 0 Å². The van der Waals surface area contributed by atoms with Crippen LogP contribution in [-0.4, -0.2) is 6.17 Å². The van der Waals surface area contributed by atoms with Crippen LogP contribution in [0.2, 0.25) is 0 Å². The van der Waals surface area contributed by atoms with E-state index in [-0.39, 0.29) is 0 Å². The van der Waals surface area contributed by atoms with E-state index < -0.39 is 6.17 Å². The number of hydrogen-bond acceptors (Lipinski definition) is 0. The smallest absolute Gasteiger partial charge is 0.100 e. The van der Waals surface area contributed by atoms with Gasteiger partial charge in [-0.2, -0.15) is 0 Å². The van der Waals surface area contributed by atoms with Crippen LogP contribution in [0.5, 0.6) is 0 Å². The van der Waals surface area contributed by atoms with Gasteiger partial charge in [0, 0.05) is 0 Å². The molecule has 0 radical (unpaired) electrons. The van der Waals surface area contributed by atoms with Crippen LogP contribution >= 0.6 is 0 Å². The summed E-state index contributed by atoms with van der Waals surface area (Å²) in [5.74, 6) is 1.66. The third kappa shape index (κ3) is 1.57. The first-order chi connectivity index (χ1) is 5.36. The molecule has 2 fully saturated rings. The molecule has 0 unspecified atom stereocenters. The molecule has 0 amide bonds. The molecule has 2 aliphatic carbocycles. The Kier molecular flexibility index (Phi) is 2.15. The van der Waals surface area contributed by atoms with Gasteiger partial charge in [0.15, 0.2) is 0 Å². The van der Waals surface area contributed by atoms with E-state index in [1.54, 1.807) is 0 Å². The molecular formula is C10H17F. The summed E-state index contributed by atoms with van der Waals surface area (Å²) in [6, 6.07) is 0. The molecule has 64 valence electrons. The maximum absolute atomic E-state index is 13.0. The van der Waals surface area contributed by atoms with Gasteiger partial charge in [-0.1, -0.05) is 25.7 Å². The third-order valence-electron chi connectivity index (χ3n) is 3.48. The minimum atomic E-state index is -0.464. The first-order valence-electron chi connectivity index (χ1n) is 5.00. The van der Waals surface area contributed by atoms with E-state index in [1.807, 2.05) is 0 Å². The Labute approximate surface area is 68.2 Å². The highest BCUT2D eigenvalue weighted by Crippen LogP contribution is 2.41. The zero-order valence-corrected chi connectivity index (χ0v) is 7.06. The molecule has 2 saturated carbocycles. The van der Waals surface area contributed by atoms with Gasteiger partial charge < -0.3 is 0 Å². The first kappa shape index (κ1) is 7.57. The van der Waals surface area contributed by atoms with Crippen molar-refractivity contribution in [2.75, 3.05) is 0 Å². The minimum absolute atomic E-state index is 0.464. The van der Waals surface area contributed by atoms with Crippen molar-refractivity contribution in [3.05, 3.63) is 0 Å². The van der Waals surface area contributed by atoms with Crippen molar-refractivity contribution in [3.63, 3.8) is 0 Å². The molecule has 3 atom stereocenters. The molecule has 0 aromatic carbocycles. The fraction of sp³-hybridized carbons (Fsp3) is 1.00. The highest BCUT2D eigenvalue weighted by Gasteiger charge is 2.31. The van der Waals surface area contributed by atoms with Crippen molar-refractivity contribution < 1.29 is 4.39 Å². The summed E-state index contributed by atoms with van der Waals surface area (Å²) in [7, 11) is 0. The second-order valence-electron chi connectivity index (χ2n) is 4.21. The largest absolute Gasteiger partial charge is 0.247 e. The normalized spacial score (nSPS) is 45.0. The summed E-state index contributed by atoms with van der Waals surface area (Å²) in [5.41, 5.74) is 0. The molecule has 1 heteroatoms. The molecule has 0 aromatic heterocycles. The van der Waals surface area contributed by atoms with Crippen LogP contribution in [0.1, 0.15) is 44.9 Å². The monoisotopic (exact) mass is 156 g/mol. The lowest BCUT2D eigenvalue weighted by atomic mass is 9.70. The molecule has 0 nitrogen and oxygen atoms in total. The predicted octanol–water partition coefficient (Wildman–Crippen LogP) is 3.31.